The lowest BCUT2D eigenvalue weighted by Gasteiger charge is -2.40. The van der Waals surface area contributed by atoms with Gasteiger partial charge in [-0.3, -0.25) is 4.79 Å². The van der Waals surface area contributed by atoms with Crippen molar-refractivity contribution in [3.63, 3.8) is 0 Å². The van der Waals surface area contributed by atoms with Crippen LogP contribution in [0.4, 0.5) is 0 Å². The van der Waals surface area contributed by atoms with Gasteiger partial charge in [0.25, 0.3) is 0 Å². The van der Waals surface area contributed by atoms with Crippen LogP contribution in [0.15, 0.2) is 0 Å². The number of nitriles is 1. The molecule has 0 heterocycles. The van der Waals surface area contributed by atoms with E-state index in [9.17, 15) is 10.1 Å². The van der Waals surface area contributed by atoms with Gasteiger partial charge in [0.1, 0.15) is 6.10 Å². The van der Waals surface area contributed by atoms with Crippen LogP contribution in [0.3, 0.4) is 0 Å². The van der Waals surface area contributed by atoms with Gasteiger partial charge in [-0.1, -0.05) is 52.4 Å². The Labute approximate surface area is 198 Å². The molecule has 3 fully saturated rings. The van der Waals surface area contributed by atoms with Crippen molar-refractivity contribution in [2.45, 2.75) is 142 Å². The Morgan fingerprint density at radius 3 is 2.06 bits per heavy atom. The van der Waals surface area contributed by atoms with Gasteiger partial charge in [0.15, 0.2) is 0 Å². The van der Waals surface area contributed by atoms with E-state index in [-0.39, 0.29) is 23.4 Å². The molecule has 0 atom stereocenters. The number of nitrogens with zero attached hydrogens (tertiary/aromatic N) is 1. The fourth-order valence-electron chi connectivity index (χ4n) is 6.91. The number of hydrogen-bond donors (Lipinski definition) is 0. The molecule has 0 radical (unpaired) electrons. The number of carbonyl (C=O) groups is 1. The maximum absolute atomic E-state index is 12.7. The molecule has 32 heavy (non-hydrogen) atoms. The first-order valence-electron chi connectivity index (χ1n) is 14.2. The van der Waals surface area contributed by atoms with Gasteiger partial charge >= 0.3 is 5.97 Å². The van der Waals surface area contributed by atoms with Gasteiger partial charge in [-0.25, -0.2) is 0 Å². The summed E-state index contributed by atoms with van der Waals surface area (Å²) in [6, 6.07) is 2.71. The van der Waals surface area contributed by atoms with Crippen LogP contribution in [0.5, 0.6) is 0 Å². The molecule has 0 aliphatic heterocycles. The van der Waals surface area contributed by atoms with Crippen molar-refractivity contribution < 1.29 is 9.53 Å². The molecule has 0 unspecified atom stereocenters. The molecule has 0 bridgehead atoms. The average Bonchev–Trinajstić information content (AvgIpc) is 2.84. The van der Waals surface area contributed by atoms with Crippen LogP contribution in [0.2, 0.25) is 0 Å². The van der Waals surface area contributed by atoms with E-state index in [1.165, 1.54) is 77.0 Å². The van der Waals surface area contributed by atoms with Crippen molar-refractivity contribution in [2.24, 2.45) is 29.1 Å². The third kappa shape index (κ3) is 7.23. The van der Waals surface area contributed by atoms with E-state index in [0.29, 0.717) is 0 Å². The zero-order valence-electron chi connectivity index (χ0n) is 21.1. The first-order valence-corrected chi connectivity index (χ1v) is 14.2. The molecular weight excluding hydrogens is 394 g/mol. The highest BCUT2D eigenvalue weighted by atomic mass is 16.5. The van der Waals surface area contributed by atoms with Gasteiger partial charge in [0.05, 0.1) is 17.4 Å². The number of esters is 1. The molecule has 3 nitrogen and oxygen atoms in total. The highest BCUT2D eigenvalue weighted by Gasteiger charge is 2.39. The minimum atomic E-state index is -0.0338. The molecular formula is C29H49NO2. The predicted molar refractivity (Wildman–Crippen MR) is 131 cm³/mol. The number of rotatable bonds is 10. The van der Waals surface area contributed by atoms with E-state index in [0.717, 1.165) is 62.7 Å². The lowest BCUT2D eigenvalue weighted by atomic mass is 9.64. The minimum Gasteiger partial charge on any atom is -0.462 e. The van der Waals surface area contributed by atoms with Gasteiger partial charge in [-0.2, -0.15) is 5.26 Å². The van der Waals surface area contributed by atoms with Crippen LogP contribution < -0.4 is 0 Å². The first-order chi connectivity index (χ1) is 15.6. The smallest absolute Gasteiger partial charge is 0.309 e. The maximum atomic E-state index is 12.7. The van der Waals surface area contributed by atoms with Crippen molar-refractivity contribution in [2.75, 3.05) is 0 Å². The Bertz CT molecular complexity index is 585. The van der Waals surface area contributed by atoms with E-state index in [2.05, 4.69) is 19.9 Å². The summed E-state index contributed by atoms with van der Waals surface area (Å²) in [6.45, 7) is 4.50. The van der Waals surface area contributed by atoms with Crippen molar-refractivity contribution >= 4 is 5.97 Å². The fraction of sp³-hybridized carbons (Fsp3) is 0.931. The Morgan fingerprint density at radius 2 is 1.47 bits per heavy atom. The third-order valence-electron chi connectivity index (χ3n) is 9.30. The molecule has 0 saturated heterocycles. The first kappa shape index (κ1) is 25.6. The van der Waals surface area contributed by atoms with Crippen LogP contribution in [0.1, 0.15) is 136 Å². The number of ether oxygens (including phenoxy) is 1. The van der Waals surface area contributed by atoms with Crippen molar-refractivity contribution in [3.05, 3.63) is 0 Å². The summed E-state index contributed by atoms with van der Waals surface area (Å²) in [4.78, 5) is 12.7. The highest BCUT2D eigenvalue weighted by Crippen LogP contribution is 2.47. The van der Waals surface area contributed by atoms with Crippen LogP contribution in [-0.4, -0.2) is 12.1 Å². The molecule has 3 heteroatoms. The van der Waals surface area contributed by atoms with Gasteiger partial charge < -0.3 is 4.74 Å². The van der Waals surface area contributed by atoms with E-state index in [4.69, 9.17) is 4.74 Å². The van der Waals surface area contributed by atoms with Crippen LogP contribution in [0, 0.1) is 40.4 Å². The zero-order valence-corrected chi connectivity index (χ0v) is 21.1. The Balaban J connectivity index is 1.34. The SMILES string of the molecule is CCCCCC1(C#N)CCC(C2CCC(OC(=O)[C@H]3CC[C@H](CCCC)CC3)CC2)CC1. The minimum absolute atomic E-state index is 0.0338. The lowest BCUT2D eigenvalue weighted by molar-refractivity contribution is -0.157. The quantitative estimate of drug-likeness (QED) is 0.252. The second-order valence-corrected chi connectivity index (χ2v) is 11.5. The summed E-state index contributed by atoms with van der Waals surface area (Å²) in [6.07, 6.45) is 22.7. The molecule has 3 aliphatic rings. The van der Waals surface area contributed by atoms with Gasteiger partial charge in [0, 0.05) is 0 Å². The lowest BCUT2D eigenvalue weighted by Crippen LogP contribution is -2.34. The predicted octanol–water partition coefficient (Wildman–Crippen LogP) is 8.37. The standard InChI is InChI=1S/C29H49NO2/c1-3-5-7-19-29(22-30)20-17-25(18-21-29)24-13-15-27(16-14-24)32-28(31)26-11-9-23(10-12-26)8-6-4-2/h23-27H,3-21H2,1-2H3/t23-,24?,25?,26-,27?,29?. The highest BCUT2D eigenvalue weighted by molar-refractivity contribution is 5.72. The van der Waals surface area contributed by atoms with Gasteiger partial charge in [0.2, 0.25) is 0 Å². The molecule has 0 aromatic carbocycles. The largest absolute Gasteiger partial charge is 0.462 e. The van der Waals surface area contributed by atoms with Crippen molar-refractivity contribution in [3.8, 4) is 6.07 Å². The topological polar surface area (TPSA) is 50.1 Å². The third-order valence-corrected chi connectivity index (χ3v) is 9.30. The van der Waals surface area contributed by atoms with Crippen molar-refractivity contribution in [1.29, 1.82) is 5.26 Å². The van der Waals surface area contributed by atoms with Crippen molar-refractivity contribution in [1.82, 2.24) is 0 Å². The van der Waals surface area contributed by atoms with E-state index < -0.39 is 0 Å². The maximum Gasteiger partial charge on any atom is 0.309 e. The molecule has 0 aromatic heterocycles. The molecule has 3 rings (SSSR count). The molecule has 3 aliphatic carbocycles. The number of unbranched alkanes of at least 4 members (excludes halogenated alkanes) is 3. The monoisotopic (exact) mass is 443 g/mol. The molecule has 0 N–H and O–H groups in total. The average molecular weight is 444 g/mol. The van der Waals surface area contributed by atoms with E-state index in [1.54, 1.807) is 0 Å². The van der Waals surface area contributed by atoms with Gasteiger partial charge in [-0.15, -0.1) is 0 Å². The fourth-order valence-corrected chi connectivity index (χ4v) is 6.91. The number of hydrogen-bond acceptors (Lipinski definition) is 3. The normalized spacial score (nSPS) is 35.7. The summed E-state index contributed by atoms with van der Waals surface area (Å²) in [5.74, 6) is 2.68. The summed E-state index contributed by atoms with van der Waals surface area (Å²) in [7, 11) is 0. The summed E-state index contributed by atoms with van der Waals surface area (Å²) in [5.41, 5.74) is -0.0338. The number of carbonyl (C=O) groups excluding carboxylic acids is 1. The summed E-state index contributed by atoms with van der Waals surface area (Å²) < 4.78 is 6.01. The molecule has 0 amide bonds. The van der Waals surface area contributed by atoms with Crippen LogP contribution in [-0.2, 0) is 9.53 Å². The molecule has 3 saturated carbocycles. The summed E-state index contributed by atoms with van der Waals surface area (Å²) >= 11 is 0. The van der Waals surface area contributed by atoms with E-state index in [1.807, 2.05) is 0 Å². The second kappa shape index (κ2) is 13.0. The zero-order chi connectivity index (χ0) is 22.8. The molecule has 182 valence electrons. The summed E-state index contributed by atoms with van der Waals surface area (Å²) in [5, 5.41) is 9.82. The van der Waals surface area contributed by atoms with Crippen LogP contribution in [0.25, 0.3) is 0 Å². The Morgan fingerprint density at radius 1 is 0.844 bits per heavy atom. The Hall–Kier alpha value is -1.04. The molecule has 0 spiro atoms. The molecule has 0 aromatic rings. The van der Waals surface area contributed by atoms with Gasteiger partial charge in [-0.05, 0) is 101 Å². The van der Waals surface area contributed by atoms with Crippen LogP contribution >= 0.6 is 0 Å². The second-order valence-electron chi connectivity index (χ2n) is 11.5. The van der Waals surface area contributed by atoms with E-state index >= 15 is 0 Å². The Kier molecular flexibility index (Phi) is 10.4.